The summed E-state index contributed by atoms with van der Waals surface area (Å²) in [7, 11) is 0. The minimum Gasteiger partial charge on any atom is -0.492 e. The number of hydrogen-bond acceptors (Lipinski definition) is 5. The molecule has 0 bridgehead atoms. The number of thiazole rings is 1. The van der Waals surface area contributed by atoms with Crippen LogP contribution in [0.15, 0.2) is 53.5 Å². The largest absolute Gasteiger partial charge is 0.492 e. The van der Waals surface area contributed by atoms with E-state index in [9.17, 15) is 18.3 Å². The van der Waals surface area contributed by atoms with Crippen molar-refractivity contribution in [3.63, 3.8) is 0 Å². The second-order valence-electron chi connectivity index (χ2n) is 5.75. The fraction of sp³-hybridized carbons (Fsp3) is 0.0526. The van der Waals surface area contributed by atoms with Crippen LogP contribution in [0.4, 0.5) is 29.7 Å². The number of anilines is 2. The first-order valence-electron chi connectivity index (χ1n) is 7.90. The van der Waals surface area contributed by atoms with Crippen molar-refractivity contribution in [3.05, 3.63) is 64.5 Å². The maximum Gasteiger partial charge on any atom is 0.418 e. The van der Waals surface area contributed by atoms with E-state index in [4.69, 9.17) is 0 Å². The van der Waals surface area contributed by atoms with Crippen LogP contribution in [0.1, 0.15) is 16.0 Å². The Balaban J connectivity index is 1.65. The molecule has 0 amide bonds. The monoisotopic (exact) mass is 387 g/mol. The number of hydrogen-bond donors (Lipinski definition) is 2. The Bertz CT molecular complexity index is 1070. The van der Waals surface area contributed by atoms with Crippen molar-refractivity contribution < 1.29 is 18.3 Å². The average Bonchev–Trinajstić information content (AvgIpc) is 3.19. The predicted octanol–water partition coefficient (Wildman–Crippen LogP) is 5.87. The smallest absolute Gasteiger partial charge is 0.418 e. The van der Waals surface area contributed by atoms with Gasteiger partial charge < -0.3 is 10.4 Å². The molecule has 0 atom stereocenters. The molecular weight excluding hydrogens is 375 g/mol. The number of nitrogens with zero attached hydrogens (tertiary/aromatic N) is 2. The van der Waals surface area contributed by atoms with Gasteiger partial charge in [0.05, 0.1) is 21.8 Å². The minimum atomic E-state index is -4.49. The van der Waals surface area contributed by atoms with Crippen LogP contribution in [0.3, 0.4) is 0 Å². The number of nitrogens with one attached hydrogen (secondary N) is 1. The summed E-state index contributed by atoms with van der Waals surface area (Å²) in [6, 6.07) is 12.7. The Morgan fingerprint density at radius 1 is 1.04 bits per heavy atom. The van der Waals surface area contributed by atoms with E-state index in [-0.39, 0.29) is 16.7 Å². The molecule has 4 rings (SSSR count). The van der Waals surface area contributed by atoms with E-state index in [1.165, 1.54) is 18.2 Å². The maximum absolute atomic E-state index is 13.1. The maximum atomic E-state index is 13.1. The molecule has 0 fully saturated rings. The molecule has 27 heavy (non-hydrogen) atoms. The molecule has 1 aromatic heterocycles. The molecule has 4 nitrogen and oxygen atoms in total. The standard InChI is InChI=1S/C19H12F3N3OS/c20-19(21,22)13-6-2-4-8-15(13)24-18-25-17(26)16(27-18)9-11-10-23-14-7-3-1-5-12(11)14/h1-10,26H,(H,24,25). The second-order valence-corrected chi connectivity index (χ2v) is 6.78. The molecule has 2 aromatic carbocycles. The number of allylic oxidation sites excluding steroid dienone is 1. The highest BCUT2D eigenvalue weighted by atomic mass is 32.1. The summed E-state index contributed by atoms with van der Waals surface area (Å²) in [4.78, 5) is 8.65. The summed E-state index contributed by atoms with van der Waals surface area (Å²) >= 11 is 1.06. The highest BCUT2D eigenvalue weighted by molar-refractivity contribution is 7.16. The summed E-state index contributed by atoms with van der Waals surface area (Å²) < 4.78 is 39.3. The van der Waals surface area contributed by atoms with Crippen LogP contribution >= 0.6 is 11.3 Å². The fourth-order valence-corrected chi connectivity index (χ4v) is 3.55. The number of aromatic hydroxyl groups is 1. The van der Waals surface area contributed by atoms with Gasteiger partial charge >= 0.3 is 6.18 Å². The predicted molar refractivity (Wildman–Crippen MR) is 101 cm³/mol. The minimum absolute atomic E-state index is 0.120. The molecule has 3 aromatic rings. The van der Waals surface area contributed by atoms with E-state index < -0.39 is 11.7 Å². The second kappa shape index (κ2) is 6.55. The van der Waals surface area contributed by atoms with Gasteiger partial charge in [0.1, 0.15) is 0 Å². The van der Waals surface area contributed by atoms with E-state index >= 15 is 0 Å². The van der Waals surface area contributed by atoms with Gasteiger partial charge in [-0.15, -0.1) is 0 Å². The molecule has 2 N–H and O–H groups in total. The van der Waals surface area contributed by atoms with E-state index in [0.29, 0.717) is 4.88 Å². The van der Waals surface area contributed by atoms with Crippen LogP contribution in [0, 0.1) is 0 Å². The zero-order valence-electron chi connectivity index (χ0n) is 13.7. The first-order chi connectivity index (χ1) is 12.9. The summed E-state index contributed by atoms with van der Waals surface area (Å²) in [5, 5.41) is 12.9. The fourth-order valence-electron chi connectivity index (χ4n) is 2.72. The van der Waals surface area contributed by atoms with Crippen molar-refractivity contribution in [1.82, 2.24) is 4.98 Å². The van der Waals surface area contributed by atoms with E-state index in [0.717, 1.165) is 34.2 Å². The third kappa shape index (κ3) is 3.43. The lowest BCUT2D eigenvalue weighted by Crippen LogP contribution is -2.08. The van der Waals surface area contributed by atoms with Crippen molar-refractivity contribution >= 4 is 45.7 Å². The molecule has 0 saturated heterocycles. The third-order valence-corrected chi connectivity index (χ3v) is 4.86. The summed E-state index contributed by atoms with van der Waals surface area (Å²) in [5.41, 5.74) is 1.63. The lowest BCUT2D eigenvalue weighted by atomic mass is 10.1. The van der Waals surface area contributed by atoms with Crippen molar-refractivity contribution in [2.75, 3.05) is 5.32 Å². The Labute approximate surface area is 156 Å². The lowest BCUT2D eigenvalue weighted by Gasteiger charge is -2.12. The number of aromatic nitrogens is 1. The van der Waals surface area contributed by atoms with Crippen LogP contribution in [0.5, 0.6) is 5.88 Å². The highest BCUT2D eigenvalue weighted by Gasteiger charge is 2.33. The molecule has 1 aliphatic rings. The van der Waals surface area contributed by atoms with Gasteiger partial charge in [0.25, 0.3) is 0 Å². The lowest BCUT2D eigenvalue weighted by molar-refractivity contribution is -0.136. The van der Waals surface area contributed by atoms with Gasteiger partial charge in [-0.2, -0.15) is 18.2 Å². The molecule has 2 heterocycles. The van der Waals surface area contributed by atoms with Gasteiger partial charge in [-0.3, -0.25) is 4.99 Å². The number of fused-ring (bicyclic) bond motifs is 1. The highest BCUT2D eigenvalue weighted by Crippen LogP contribution is 2.39. The van der Waals surface area contributed by atoms with Crippen LogP contribution in [0.25, 0.3) is 11.6 Å². The van der Waals surface area contributed by atoms with Crippen LogP contribution in [-0.4, -0.2) is 16.3 Å². The SMILES string of the molecule is Oc1nc(Nc2ccccc2C(F)(F)F)sc1C=C1C=Nc2ccccc21. The number of aliphatic imine (C=N–C) groups is 1. The number of alkyl halides is 3. The molecule has 8 heteroatoms. The van der Waals surface area contributed by atoms with Gasteiger partial charge in [0.15, 0.2) is 5.13 Å². The molecule has 0 unspecified atom stereocenters. The first-order valence-corrected chi connectivity index (χ1v) is 8.72. The molecule has 0 spiro atoms. The number of benzene rings is 2. The number of rotatable bonds is 3. The zero-order chi connectivity index (χ0) is 19.0. The average molecular weight is 387 g/mol. The van der Waals surface area contributed by atoms with Gasteiger partial charge in [0, 0.05) is 17.4 Å². The first kappa shape index (κ1) is 17.3. The molecular formula is C19H12F3N3OS. The molecule has 0 aliphatic carbocycles. The van der Waals surface area contributed by atoms with Gasteiger partial charge in [-0.05, 0) is 24.3 Å². The summed E-state index contributed by atoms with van der Waals surface area (Å²) in [5.74, 6) is -0.253. The van der Waals surface area contributed by atoms with Gasteiger partial charge in [-0.25, -0.2) is 0 Å². The molecule has 0 saturated carbocycles. The van der Waals surface area contributed by atoms with Crippen molar-refractivity contribution in [1.29, 1.82) is 0 Å². The topological polar surface area (TPSA) is 57.5 Å². The van der Waals surface area contributed by atoms with Crippen LogP contribution in [-0.2, 0) is 6.18 Å². The van der Waals surface area contributed by atoms with E-state index in [2.05, 4.69) is 15.3 Å². The van der Waals surface area contributed by atoms with E-state index in [1.807, 2.05) is 24.3 Å². The molecule has 1 aliphatic heterocycles. The Hall–Kier alpha value is -3.13. The quantitative estimate of drug-likeness (QED) is 0.591. The molecule has 0 radical (unpaired) electrons. The Morgan fingerprint density at radius 3 is 2.59 bits per heavy atom. The molecule has 136 valence electrons. The number of para-hydroxylation sites is 2. The van der Waals surface area contributed by atoms with Gasteiger partial charge in [0.2, 0.25) is 5.88 Å². The van der Waals surface area contributed by atoms with Crippen molar-refractivity contribution in [3.8, 4) is 5.88 Å². The van der Waals surface area contributed by atoms with Crippen molar-refractivity contribution in [2.45, 2.75) is 6.18 Å². The van der Waals surface area contributed by atoms with E-state index in [1.54, 1.807) is 12.3 Å². The third-order valence-electron chi connectivity index (χ3n) is 3.95. The van der Waals surface area contributed by atoms with Crippen LogP contribution < -0.4 is 5.32 Å². The van der Waals surface area contributed by atoms with Crippen LogP contribution in [0.2, 0.25) is 0 Å². The van der Waals surface area contributed by atoms with Gasteiger partial charge in [-0.1, -0.05) is 41.7 Å². The number of halogens is 3. The zero-order valence-corrected chi connectivity index (χ0v) is 14.5. The summed E-state index contributed by atoms with van der Waals surface area (Å²) in [6.45, 7) is 0. The normalized spacial score (nSPS) is 14.6. The summed E-state index contributed by atoms with van der Waals surface area (Å²) in [6.07, 6.45) is -1.10. The Kier molecular flexibility index (Phi) is 4.19. The van der Waals surface area contributed by atoms with Crippen molar-refractivity contribution in [2.24, 2.45) is 4.99 Å². The Morgan fingerprint density at radius 2 is 1.78 bits per heavy atom.